The van der Waals surface area contributed by atoms with E-state index in [1.807, 2.05) is 13.0 Å². The van der Waals surface area contributed by atoms with E-state index in [1.54, 1.807) is 12.1 Å². The fourth-order valence-electron chi connectivity index (χ4n) is 2.83. The molecule has 1 aliphatic rings. The molecular weight excluding hydrogens is 255 g/mol. The Morgan fingerprint density at radius 1 is 1.50 bits per heavy atom. The monoisotopic (exact) mass is 280 g/mol. The van der Waals surface area contributed by atoms with Crippen molar-refractivity contribution in [1.82, 2.24) is 5.32 Å². The molecule has 0 aliphatic carbocycles. The van der Waals surface area contributed by atoms with Crippen molar-refractivity contribution in [3.8, 4) is 0 Å². The lowest BCUT2D eigenvalue weighted by molar-refractivity contribution is 0.0820. The van der Waals surface area contributed by atoms with Gasteiger partial charge >= 0.3 is 0 Å². The van der Waals surface area contributed by atoms with Crippen molar-refractivity contribution in [2.24, 2.45) is 0 Å². The zero-order valence-electron chi connectivity index (χ0n) is 12.7. The van der Waals surface area contributed by atoms with Crippen LogP contribution in [-0.2, 0) is 4.74 Å². The standard InChI is InChI=1S/C16H25FN2O/c1-4-18-13(3)14-7-5-8-15(17)16(14)19-9-6-10-20-12(2)11-19/h5,7-8,12-13,18H,4,6,9-11H2,1-3H3. The molecule has 3 nitrogen and oxygen atoms in total. The van der Waals surface area contributed by atoms with Gasteiger partial charge in [-0.15, -0.1) is 0 Å². The van der Waals surface area contributed by atoms with Crippen LogP contribution in [-0.4, -0.2) is 32.3 Å². The average Bonchev–Trinajstić information content (AvgIpc) is 2.63. The minimum Gasteiger partial charge on any atom is -0.377 e. The number of para-hydroxylation sites is 1. The molecule has 0 amide bonds. The number of nitrogens with one attached hydrogen (secondary N) is 1. The molecular formula is C16H25FN2O. The second kappa shape index (κ2) is 7.04. The average molecular weight is 280 g/mol. The van der Waals surface area contributed by atoms with Crippen LogP contribution in [0.15, 0.2) is 18.2 Å². The van der Waals surface area contributed by atoms with Gasteiger partial charge in [-0.25, -0.2) is 4.39 Å². The Labute approximate surface area is 121 Å². The molecule has 2 atom stereocenters. The second-order valence-corrected chi connectivity index (χ2v) is 5.44. The number of nitrogens with zero attached hydrogens (tertiary/aromatic N) is 1. The smallest absolute Gasteiger partial charge is 0.146 e. The number of benzene rings is 1. The van der Waals surface area contributed by atoms with Crippen LogP contribution < -0.4 is 10.2 Å². The van der Waals surface area contributed by atoms with E-state index in [1.165, 1.54) is 0 Å². The largest absolute Gasteiger partial charge is 0.377 e. The Kier molecular flexibility index (Phi) is 5.38. The third kappa shape index (κ3) is 3.49. The van der Waals surface area contributed by atoms with Crippen molar-refractivity contribution in [3.63, 3.8) is 0 Å². The predicted molar refractivity (Wildman–Crippen MR) is 80.7 cm³/mol. The van der Waals surface area contributed by atoms with E-state index in [2.05, 4.69) is 24.1 Å². The van der Waals surface area contributed by atoms with Crippen molar-refractivity contribution in [1.29, 1.82) is 0 Å². The highest BCUT2D eigenvalue weighted by molar-refractivity contribution is 5.56. The van der Waals surface area contributed by atoms with Crippen LogP contribution in [0, 0.1) is 5.82 Å². The molecule has 0 saturated carbocycles. The van der Waals surface area contributed by atoms with Gasteiger partial charge in [-0.2, -0.15) is 0 Å². The molecule has 112 valence electrons. The van der Waals surface area contributed by atoms with Crippen LogP contribution in [0.2, 0.25) is 0 Å². The SMILES string of the molecule is CCNC(C)c1cccc(F)c1N1CCCOC(C)C1. The molecule has 2 rings (SSSR count). The van der Waals surface area contributed by atoms with E-state index in [-0.39, 0.29) is 18.0 Å². The molecule has 20 heavy (non-hydrogen) atoms. The first-order valence-corrected chi connectivity index (χ1v) is 7.51. The van der Waals surface area contributed by atoms with Crippen molar-refractivity contribution in [2.45, 2.75) is 39.3 Å². The highest BCUT2D eigenvalue weighted by Crippen LogP contribution is 2.30. The van der Waals surface area contributed by atoms with Gasteiger partial charge in [-0.3, -0.25) is 0 Å². The third-order valence-electron chi connectivity index (χ3n) is 3.76. The summed E-state index contributed by atoms with van der Waals surface area (Å²) in [4.78, 5) is 2.14. The summed E-state index contributed by atoms with van der Waals surface area (Å²) < 4.78 is 20.0. The summed E-state index contributed by atoms with van der Waals surface area (Å²) in [6.07, 6.45) is 1.08. The van der Waals surface area contributed by atoms with Gasteiger partial charge in [0.05, 0.1) is 11.8 Å². The number of ether oxygens (including phenoxy) is 1. The van der Waals surface area contributed by atoms with Gasteiger partial charge in [0.1, 0.15) is 5.82 Å². The van der Waals surface area contributed by atoms with Crippen LogP contribution in [0.25, 0.3) is 0 Å². The summed E-state index contributed by atoms with van der Waals surface area (Å²) in [5, 5.41) is 3.37. The summed E-state index contributed by atoms with van der Waals surface area (Å²) in [5.41, 5.74) is 1.76. The maximum absolute atomic E-state index is 14.4. The number of halogens is 1. The Hall–Kier alpha value is -1.13. The lowest BCUT2D eigenvalue weighted by atomic mass is 10.0. The van der Waals surface area contributed by atoms with Gasteiger partial charge in [-0.1, -0.05) is 19.1 Å². The Bertz CT molecular complexity index is 438. The fourth-order valence-corrected chi connectivity index (χ4v) is 2.83. The van der Waals surface area contributed by atoms with E-state index in [4.69, 9.17) is 4.74 Å². The lowest BCUT2D eigenvalue weighted by Gasteiger charge is -2.29. The maximum atomic E-state index is 14.4. The summed E-state index contributed by atoms with van der Waals surface area (Å²) in [6.45, 7) is 9.41. The number of rotatable bonds is 4. The number of hydrogen-bond acceptors (Lipinski definition) is 3. The summed E-state index contributed by atoms with van der Waals surface area (Å²) in [5.74, 6) is -0.138. The van der Waals surface area contributed by atoms with Crippen molar-refractivity contribution >= 4 is 5.69 Å². The van der Waals surface area contributed by atoms with Gasteiger partial charge < -0.3 is 15.0 Å². The molecule has 1 aromatic rings. The van der Waals surface area contributed by atoms with Crippen LogP contribution in [0.4, 0.5) is 10.1 Å². The molecule has 4 heteroatoms. The molecule has 1 heterocycles. The van der Waals surface area contributed by atoms with Gasteiger partial charge in [0.25, 0.3) is 0 Å². The van der Waals surface area contributed by atoms with E-state index in [0.29, 0.717) is 0 Å². The number of anilines is 1. The molecule has 0 bridgehead atoms. The lowest BCUT2D eigenvalue weighted by Crippen LogP contribution is -2.33. The summed E-state index contributed by atoms with van der Waals surface area (Å²) >= 11 is 0. The van der Waals surface area contributed by atoms with Crippen LogP contribution in [0.1, 0.15) is 38.8 Å². The van der Waals surface area contributed by atoms with Crippen LogP contribution in [0.5, 0.6) is 0 Å². The maximum Gasteiger partial charge on any atom is 0.146 e. The molecule has 0 aromatic heterocycles. The molecule has 1 aliphatic heterocycles. The summed E-state index contributed by atoms with van der Waals surface area (Å²) in [6, 6.07) is 5.50. The first-order chi connectivity index (χ1) is 9.63. The molecule has 0 spiro atoms. The van der Waals surface area contributed by atoms with Gasteiger partial charge in [-0.05, 0) is 38.4 Å². The Balaban J connectivity index is 2.33. The molecule has 1 fully saturated rings. The van der Waals surface area contributed by atoms with Gasteiger partial charge in [0, 0.05) is 25.7 Å². The molecule has 1 aromatic carbocycles. The minimum absolute atomic E-state index is 0.138. The fraction of sp³-hybridized carbons (Fsp3) is 0.625. The van der Waals surface area contributed by atoms with E-state index in [9.17, 15) is 4.39 Å². The highest BCUT2D eigenvalue weighted by Gasteiger charge is 2.22. The van der Waals surface area contributed by atoms with Crippen molar-refractivity contribution < 1.29 is 9.13 Å². The van der Waals surface area contributed by atoms with Crippen molar-refractivity contribution in [3.05, 3.63) is 29.6 Å². The van der Waals surface area contributed by atoms with Crippen molar-refractivity contribution in [2.75, 3.05) is 31.1 Å². The highest BCUT2D eigenvalue weighted by atomic mass is 19.1. The number of hydrogen-bond donors (Lipinski definition) is 1. The van der Waals surface area contributed by atoms with E-state index < -0.39 is 0 Å². The minimum atomic E-state index is -0.138. The van der Waals surface area contributed by atoms with Crippen LogP contribution in [0.3, 0.4) is 0 Å². The molecule has 0 radical (unpaired) electrons. The first-order valence-electron chi connectivity index (χ1n) is 7.51. The zero-order chi connectivity index (χ0) is 14.5. The Morgan fingerprint density at radius 3 is 3.05 bits per heavy atom. The predicted octanol–water partition coefficient (Wildman–Crippen LogP) is 3.11. The van der Waals surface area contributed by atoms with Crippen LogP contribution >= 0.6 is 0 Å². The quantitative estimate of drug-likeness (QED) is 0.917. The second-order valence-electron chi connectivity index (χ2n) is 5.44. The first kappa shape index (κ1) is 15.3. The normalized spacial score (nSPS) is 21.6. The molecule has 2 unspecified atom stereocenters. The van der Waals surface area contributed by atoms with E-state index in [0.717, 1.165) is 43.9 Å². The van der Waals surface area contributed by atoms with Gasteiger partial charge in [0.2, 0.25) is 0 Å². The molecule has 1 N–H and O–H groups in total. The molecule has 1 saturated heterocycles. The van der Waals surface area contributed by atoms with E-state index >= 15 is 0 Å². The third-order valence-corrected chi connectivity index (χ3v) is 3.76. The Morgan fingerprint density at radius 2 is 2.30 bits per heavy atom. The summed E-state index contributed by atoms with van der Waals surface area (Å²) in [7, 11) is 0. The topological polar surface area (TPSA) is 24.5 Å². The zero-order valence-corrected chi connectivity index (χ0v) is 12.7. The van der Waals surface area contributed by atoms with Gasteiger partial charge in [0.15, 0.2) is 0 Å².